The number of ether oxygens (including phenoxy) is 1. The molecule has 6 rings (SSSR count). The third kappa shape index (κ3) is 4.34. The minimum Gasteiger partial charge on any atom is -0.481 e. The Kier molecular flexibility index (Phi) is 5.82. The average Bonchev–Trinajstić information content (AvgIpc) is 3.18. The molecule has 2 N–H and O–H groups in total. The standard InChI is InChI=1S/C26H29FN6O2/c1-35-24-7-5-21-25(32-24)18(20(27)12-29-21)8-9-33-13-16-10-22(19(16)14-33)28-11-17-4-2-15-3-6-23(34)31-26(15)30-17/h2,4-5,7,12,16,19,22,28H,3,6,8-11,13-14H2,1H3,(H,30,31,34)/t16?,19?,22-/m0/s1. The number of likely N-dealkylation sites (tertiary alicyclic amines) is 1. The fraction of sp³-hybridized carbons (Fsp3) is 0.462. The van der Waals surface area contributed by atoms with Crippen molar-refractivity contribution in [2.45, 2.75) is 38.3 Å². The van der Waals surface area contributed by atoms with E-state index in [-0.39, 0.29) is 11.7 Å². The summed E-state index contributed by atoms with van der Waals surface area (Å²) in [5.41, 5.74) is 3.93. The van der Waals surface area contributed by atoms with Gasteiger partial charge >= 0.3 is 0 Å². The third-order valence-corrected chi connectivity index (χ3v) is 7.73. The number of carbonyl (C=O) groups excluding carboxylic acids is 1. The van der Waals surface area contributed by atoms with Gasteiger partial charge in [-0.15, -0.1) is 0 Å². The number of carbonyl (C=O) groups is 1. The molecule has 8 nitrogen and oxygen atoms in total. The molecule has 3 aromatic heterocycles. The molecule has 5 heterocycles. The minimum absolute atomic E-state index is 0.0394. The largest absolute Gasteiger partial charge is 0.481 e. The first-order valence-corrected chi connectivity index (χ1v) is 12.3. The molecule has 0 spiro atoms. The summed E-state index contributed by atoms with van der Waals surface area (Å²) >= 11 is 0. The molecular weight excluding hydrogens is 447 g/mol. The van der Waals surface area contributed by atoms with Crippen molar-refractivity contribution in [1.82, 2.24) is 25.2 Å². The smallest absolute Gasteiger partial charge is 0.225 e. The van der Waals surface area contributed by atoms with E-state index in [1.807, 2.05) is 6.07 Å². The second-order valence-electron chi connectivity index (χ2n) is 9.82. The molecule has 3 aromatic rings. The predicted molar refractivity (Wildman–Crippen MR) is 130 cm³/mol. The average molecular weight is 477 g/mol. The maximum Gasteiger partial charge on any atom is 0.225 e. The molecule has 35 heavy (non-hydrogen) atoms. The van der Waals surface area contributed by atoms with Crippen LogP contribution in [0.3, 0.4) is 0 Å². The van der Waals surface area contributed by atoms with Gasteiger partial charge in [-0.25, -0.2) is 14.4 Å². The van der Waals surface area contributed by atoms with E-state index < -0.39 is 0 Å². The first kappa shape index (κ1) is 22.3. The lowest BCUT2D eigenvalue weighted by atomic mass is 9.71. The monoisotopic (exact) mass is 476 g/mol. The third-order valence-electron chi connectivity index (χ3n) is 7.73. The Morgan fingerprint density at radius 2 is 2.11 bits per heavy atom. The number of nitrogens with one attached hydrogen (secondary N) is 2. The number of hydrogen-bond acceptors (Lipinski definition) is 7. The molecule has 2 fully saturated rings. The van der Waals surface area contributed by atoms with Crippen molar-refractivity contribution in [3.05, 3.63) is 53.1 Å². The van der Waals surface area contributed by atoms with E-state index in [1.54, 1.807) is 13.2 Å². The van der Waals surface area contributed by atoms with Crippen molar-refractivity contribution in [1.29, 1.82) is 0 Å². The first-order chi connectivity index (χ1) is 17.1. The summed E-state index contributed by atoms with van der Waals surface area (Å²) < 4.78 is 19.9. The van der Waals surface area contributed by atoms with Crippen LogP contribution in [0, 0.1) is 17.7 Å². The number of fused-ring (bicyclic) bond motifs is 3. The SMILES string of the molecule is COc1ccc2ncc(F)c(CCN3CC4C[C@H](NCc5ccc6c(n5)NC(=O)CC6)C4C3)c2n1. The predicted octanol–water partition coefficient (Wildman–Crippen LogP) is 2.71. The summed E-state index contributed by atoms with van der Waals surface area (Å²) in [7, 11) is 1.56. The highest BCUT2D eigenvalue weighted by atomic mass is 19.1. The van der Waals surface area contributed by atoms with Crippen LogP contribution in [-0.4, -0.2) is 58.5 Å². The minimum atomic E-state index is -0.311. The number of hydrogen-bond donors (Lipinski definition) is 2. The van der Waals surface area contributed by atoms with Crippen LogP contribution < -0.4 is 15.4 Å². The van der Waals surface area contributed by atoms with Gasteiger partial charge in [0.2, 0.25) is 11.8 Å². The highest BCUT2D eigenvalue weighted by Gasteiger charge is 2.46. The number of aromatic nitrogens is 3. The summed E-state index contributed by atoms with van der Waals surface area (Å²) in [6.07, 6.45) is 4.32. The van der Waals surface area contributed by atoms with Gasteiger partial charge in [0.15, 0.2) is 0 Å². The maximum absolute atomic E-state index is 14.6. The molecule has 3 aliphatic rings. The van der Waals surface area contributed by atoms with Crippen molar-refractivity contribution >= 4 is 22.8 Å². The Labute approximate surface area is 203 Å². The topological polar surface area (TPSA) is 92.3 Å². The first-order valence-electron chi connectivity index (χ1n) is 12.3. The number of amides is 1. The zero-order valence-corrected chi connectivity index (χ0v) is 19.8. The summed E-state index contributed by atoms with van der Waals surface area (Å²) in [6.45, 7) is 3.55. The van der Waals surface area contributed by atoms with E-state index in [4.69, 9.17) is 4.74 Å². The maximum atomic E-state index is 14.6. The van der Waals surface area contributed by atoms with Gasteiger partial charge in [0.1, 0.15) is 11.6 Å². The molecular formula is C26H29FN6O2. The highest BCUT2D eigenvalue weighted by Crippen LogP contribution is 2.41. The zero-order chi connectivity index (χ0) is 23.9. The fourth-order valence-corrected chi connectivity index (χ4v) is 5.73. The van der Waals surface area contributed by atoms with Crippen LogP contribution in [0.15, 0.2) is 30.5 Å². The second-order valence-corrected chi connectivity index (χ2v) is 9.82. The number of anilines is 1. The second kappa shape index (κ2) is 9.13. The Morgan fingerprint density at radius 1 is 1.20 bits per heavy atom. The van der Waals surface area contributed by atoms with Gasteiger partial charge in [0.25, 0.3) is 0 Å². The van der Waals surface area contributed by atoms with Crippen molar-refractivity contribution in [3.63, 3.8) is 0 Å². The Balaban J connectivity index is 1.05. The summed E-state index contributed by atoms with van der Waals surface area (Å²) in [6, 6.07) is 8.16. The number of nitrogens with zero attached hydrogens (tertiary/aromatic N) is 4. The molecule has 9 heteroatoms. The molecule has 1 aliphatic carbocycles. The van der Waals surface area contributed by atoms with Gasteiger partial charge in [-0.3, -0.25) is 9.78 Å². The van der Waals surface area contributed by atoms with Gasteiger partial charge in [-0.2, -0.15) is 0 Å². The van der Waals surface area contributed by atoms with Gasteiger partial charge in [-0.05, 0) is 48.8 Å². The van der Waals surface area contributed by atoms with E-state index >= 15 is 0 Å². The lowest BCUT2D eigenvalue weighted by Crippen LogP contribution is -2.49. The van der Waals surface area contributed by atoms with E-state index in [1.165, 1.54) is 6.20 Å². The Morgan fingerprint density at radius 3 is 3.00 bits per heavy atom. The fourth-order valence-electron chi connectivity index (χ4n) is 5.73. The normalized spacial score (nSPS) is 23.5. The molecule has 1 saturated carbocycles. The summed E-state index contributed by atoms with van der Waals surface area (Å²) in [5.74, 6) is 2.19. The number of pyridine rings is 3. The Hall–Kier alpha value is -3.17. The van der Waals surface area contributed by atoms with Crippen LogP contribution in [0.2, 0.25) is 0 Å². The van der Waals surface area contributed by atoms with Crippen molar-refractivity contribution in [3.8, 4) is 5.88 Å². The molecule has 3 atom stereocenters. The molecule has 0 aromatic carbocycles. The van der Waals surface area contributed by atoms with E-state index in [9.17, 15) is 9.18 Å². The molecule has 182 valence electrons. The van der Waals surface area contributed by atoms with Gasteiger partial charge in [0.05, 0.1) is 30.0 Å². The van der Waals surface area contributed by atoms with Crippen molar-refractivity contribution in [2.75, 3.05) is 32.1 Å². The molecule has 0 bridgehead atoms. The van der Waals surface area contributed by atoms with Crippen LogP contribution >= 0.6 is 0 Å². The van der Waals surface area contributed by atoms with E-state index in [2.05, 4.69) is 42.6 Å². The van der Waals surface area contributed by atoms with Gasteiger partial charge in [0, 0.05) is 50.3 Å². The summed E-state index contributed by atoms with van der Waals surface area (Å²) in [4.78, 5) is 27.4. The van der Waals surface area contributed by atoms with Crippen molar-refractivity contribution < 1.29 is 13.9 Å². The number of methoxy groups -OCH3 is 1. The number of rotatable bonds is 7. The lowest BCUT2D eigenvalue weighted by molar-refractivity contribution is -0.116. The van der Waals surface area contributed by atoms with E-state index in [0.29, 0.717) is 65.6 Å². The molecule has 1 amide bonds. The van der Waals surface area contributed by atoms with Crippen LogP contribution in [0.5, 0.6) is 5.88 Å². The zero-order valence-electron chi connectivity index (χ0n) is 19.8. The van der Waals surface area contributed by atoms with Crippen LogP contribution in [0.25, 0.3) is 11.0 Å². The van der Waals surface area contributed by atoms with Crippen LogP contribution in [-0.2, 0) is 24.2 Å². The Bertz CT molecular complexity index is 1280. The molecule has 2 unspecified atom stereocenters. The highest BCUT2D eigenvalue weighted by molar-refractivity contribution is 5.92. The number of halogens is 1. The quantitative estimate of drug-likeness (QED) is 0.542. The van der Waals surface area contributed by atoms with Gasteiger partial charge in [-0.1, -0.05) is 6.07 Å². The lowest BCUT2D eigenvalue weighted by Gasteiger charge is -2.40. The van der Waals surface area contributed by atoms with Gasteiger partial charge < -0.3 is 20.3 Å². The number of aryl methyl sites for hydroxylation is 1. The summed E-state index contributed by atoms with van der Waals surface area (Å²) in [5, 5.41) is 6.55. The van der Waals surface area contributed by atoms with Crippen LogP contribution in [0.1, 0.15) is 29.7 Å². The van der Waals surface area contributed by atoms with E-state index in [0.717, 1.165) is 43.7 Å². The molecule has 0 radical (unpaired) electrons. The molecule has 1 saturated heterocycles. The molecule has 2 aliphatic heterocycles. The van der Waals surface area contributed by atoms with Crippen molar-refractivity contribution in [2.24, 2.45) is 11.8 Å². The van der Waals surface area contributed by atoms with Crippen LogP contribution in [0.4, 0.5) is 10.2 Å².